The average Bonchev–Trinajstić information content (AvgIpc) is 3.33. The highest BCUT2D eigenvalue weighted by Gasteiger charge is 2.29. The lowest BCUT2D eigenvalue weighted by molar-refractivity contribution is -0.384. The Morgan fingerprint density at radius 3 is 2.48 bits per heavy atom. The first-order chi connectivity index (χ1) is 15.0. The number of piperidine rings is 1. The van der Waals surface area contributed by atoms with E-state index in [-0.39, 0.29) is 11.6 Å². The summed E-state index contributed by atoms with van der Waals surface area (Å²) < 4.78 is 0. The minimum Gasteiger partial charge on any atom is -0.375 e. The standard InChI is InChI=1S/C23H27ClN4O3/c24-20-6-2-1-5-18(20)16-25-21-8-7-17(15-22(21)28(30)31)23(29)27-13-9-19(10-14-27)26-11-3-4-12-26/h1-2,5-8,15,19,25H,3-4,9-14,16H2. The summed E-state index contributed by atoms with van der Waals surface area (Å²) in [6.45, 7) is 4.07. The Morgan fingerprint density at radius 2 is 1.81 bits per heavy atom. The Labute approximate surface area is 187 Å². The number of likely N-dealkylation sites (tertiary alicyclic amines) is 2. The smallest absolute Gasteiger partial charge is 0.293 e. The van der Waals surface area contributed by atoms with Gasteiger partial charge in [0.25, 0.3) is 11.6 Å². The van der Waals surface area contributed by atoms with Crippen LogP contribution in [-0.4, -0.2) is 52.9 Å². The number of carbonyl (C=O) groups is 1. The highest BCUT2D eigenvalue weighted by Crippen LogP contribution is 2.29. The van der Waals surface area contributed by atoms with Crippen molar-refractivity contribution in [3.63, 3.8) is 0 Å². The Kier molecular flexibility index (Phi) is 6.73. The first-order valence-corrected chi connectivity index (χ1v) is 11.2. The van der Waals surface area contributed by atoms with Gasteiger partial charge < -0.3 is 15.1 Å². The van der Waals surface area contributed by atoms with Crippen molar-refractivity contribution in [1.29, 1.82) is 0 Å². The molecule has 0 bridgehead atoms. The minimum atomic E-state index is -0.453. The molecular formula is C23H27ClN4O3. The summed E-state index contributed by atoms with van der Waals surface area (Å²) in [6, 6.07) is 12.6. The number of nitro groups is 1. The van der Waals surface area contributed by atoms with Crippen molar-refractivity contribution >= 4 is 28.9 Å². The van der Waals surface area contributed by atoms with Crippen LogP contribution in [0.3, 0.4) is 0 Å². The summed E-state index contributed by atoms with van der Waals surface area (Å²) in [5.41, 5.74) is 1.47. The molecule has 1 N–H and O–H groups in total. The molecule has 2 saturated heterocycles. The van der Waals surface area contributed by atoms with Crippen molar-refractivity contribution in [2.24, 2.45) is 0 Å². The molecule has 4 rings (SSSR count). The van der Waals surface area contributed by atoms with Gasteiger partial charge in [0.1, 0.15) is 5.69 Å². The first kappa shape index (κ1) is 21.6. The van der Waals surface area contributed by atoms with Crippen LogP contribution in [0.25, 0.3) is 0 Å². The second-order valence-corrected chi connectivity index (χ2v) is 8.61. The summed E-state index contributed by atoms with van der Waals surface area (Å²) >= 11 is 6.17. The molecule has 2 aromatic carbocycles. The number of rotatable bonds is 6. The molecule has 0 aliphatic carbocycles. The molecule has 164 valence electrons. The van der Waals surface area contributed by atoms with E-state index in [1.54, 1.807) is 18.2 Å². The molecule has 2 aromatic rings. The third kappa shape index (κ3) is 4.99. The molecule has 31 heavy (non-hydrogen) atoms. The van der Waals surface area contributed by atoms with E-state index < -0.39 is 4.92 Å². The Balaban J connectivity index is 1.42. The van der Waals surface area contributed by atoms with Crippen molar-refractivity contribution in [2.75, 3.05) is 31.5 Å². The molecule has 0 aromatic heterocycles. The zero-order valence-electron chi connectivity index (χ0n) is 17.4. The average molecular weight is 443 g/mol. The number of hydrogen-bond donors (Lipinski definition) is 1. The number of nitrogens with zero attached hydrogens (tertiary/aromatic N) is 3. The second kappa shape index (κ2) is 9.66. The summed E-state index contributed by atoms with van der Waals surface area (Å²) in [7, 11) is 0. The fraction of sp³-hybridized carbons (Fsp3) is 0.435. The second-order valence-electron chi connectivity index (χ2n) is 8.20. The van der Waals surface area contributed by atoms with Crippen LogP contribution in [0.5, 0.6) is 0 Å². The van der Waals surface area contributed by atoms with E-state index in [2.05, 4.69) is 10.2 Å². The normalized spacial score (nSPS) is 17.6. The van der Waals surface area contributed by atoms with Crippen LogP contribution in [0, 0.1) is 10.1 Å². The Hall–Kier alpha value is -2.64. The number of amides is 1. The highest BCUT2D eigenvalue weighted by atomic mass is 35.5. The number of nitro benzene ring substituents is 1. The van der Waals surface area contributed by atoms with Crippen molar-refractivity contribution in [2.45, 2.75) is 38.3 Å². The van der Waals surface area contributed by atoms with E-state index >= 15 is 0 Å². The minimum absolute atomic E-state index is 0.107. The van der Waals surface area contributed by atoms with Gasteiger partial charge in [-0.1, -0.05) is 29.8 Å². The maximum Gasteiger partial charge on any atom is 0.293 e. The molecule has 2 aliphatic rings. The zero-order valence-corrected chi connectivity index (χ0v) is 18.2. The molecule has 8 heteroatoms. The molecule has 2 aliphatic heterocycles. The largest absolute Gasteiger partial charge is 0.375 e. The monoisotopic (exact) mass is 442 g/mol. The molecule has 0 unspecified atom stereocenters. The summed E-state index contributed by atoms with van der Waals surface area (Å²) in [6.07, 6.45) is 4.45. The van der Waals surface area contributed by atoms with Gasteiger partial charge in [0.05, 0.1) is 4.92 Å². The fourth-order valence-corrected chi connectivity index (χ4v) is 4.72. The van der Waals surface area contributed by atoms with Gasteiger partial charge in [0, 0.05) is 42.3 Å². The molecule has 1 amide bonds. The molecule has 0 spiro atoms. The topological polar surface area (TPSA) is 78.7 Å². The lowest BCUT2D eigenvalue weighted by atomic mass is 10.0. The molecular weight excluding hydrogens is 416 g/mol. The predicted octanol–water partition coefficient (Wildman–Crippen LogP) is 4.56. The van der Waals surface area contributed by atoms with Crippen LogP contribution in [0.2, 0.25) is 5.02 Å². The van der Waals surface area contributed by atoms with Crippen LogP contribution in [0.1, 0.15) is 41.6 Å². The third-order valence-electron chi connectivity index (χ3n) is 6.28. The van der Waals surface area contributed by atoms with Gasteiger partial charge in [-0.25, -0.2) is 0 Å². The number of anilines is 1. The van der Waals surface area contributed by atoms with E-state index in [9.17, 15) is 14.9 Å². The van der Waals surface area contributed by atoms with E-state index in [1.807, 2.05) is 23.1 Å². The lowest BCUT2D eigenvalue weighted by Crippen LogP contribution is -2.45. The van der Waals surface area contributed by atoms with Gasteiger partial charge in [-0.05, 0) is 62.5 Å². The molecule has 2 fully saturated rings. The fourth-order valence-electron chi connectivity index (χ4n) is 4.52. The number of hydrogen-bond acceptors (Lipinski definition) is 5. The van der Waals surface area contributed by atoms with Crippen LogP contribution in [0.4, 0.5) is 11.4 Å². The molecule has 0 atom stereocenters. The summed E-state index contributed by atoms with van der Waals surface area (Å²) in [5.74, 6) is -0.138. The maximum absolute atomic E-state index is 13.0. The molecule has 0 saturated carbocycles. The van der Waals surface area contributed by atoms with E-state index in [0.29, 0.717) is 41.9 Å². The van der Waals surface area contributed by atoms with Gasteiger partial charge in [-0.2, -0.15) is 0 Å². The summed E-state index contributed by atoms with van der Waals surface area (Å²) in [5, 5.41) is 15.3. The van der Waals surface area contributed by atoms with E-state index in [0.717, 1.165) is 31.5 Å². The summed E-state index contributed by atoms with van der Waals surface area (Å²) in [4.78, 5) is 28.5. The number of carbonyl (C=O) groups excluding carboxylic acids is 1. The van der Waals surface area contributed by atoms with Crippen LogP contribution in [0.15, 0.2) is 42.5 Å². The predicted molar refractivity (Wildman–Crippen MR) is 122 cm³/mol. The first-order valence-electron chi connectivity index (χ1n) is 10.8. The van der Waals surface area contributed by atoms with Crippen LogP contribution < -0.4 is 5.32 Å². The number of nitrogens with one attached hydrogen (secondary N) is 1. The Bertz CT molecular complexity index is 954. The van der Waals surface area contributed by atoms with Crippen LogP contribution >= 0.6 is 11.6 Å². The van der Waals surface area contributed by atoms with Gasteiger partial charge >= 0.3 is 0 Å². The zero-order chi connectivity index (χ0) is 21.8. The highest BCUT2D eigenvalue weighted by molar-refractivity contribution is 6.31. The SMILES string of the molecule is O=C(c1ccc(NCc2ccccc2Cl)c([N+](=O)[O-])c1)N1CCC(N2CCCC2)CC1. The van der Waals surface area contributed by atoms with Gasteiger partial charge in [0.15, 0.2) is 0 Å². The van der Waals surface area contributed by atoms with Crippen molar-refractivity contribution in [3.05, 3.63) is 68.7 Å². The molecule has 0 radical (unpaired) electrons. The van der Waals surface area contributed by atoms with E-state index in [1.165, 1.54) is 18.9 Å². The quantitative estimate of drug-likeness (QED) is 0.524. The third-order valence-corrected chi connectivity index (χ3v) is 6.65. The lowest BCUT2D eigenvalue weighted by Gasteiger charge is -2.36. The number of halogens is 1. The van der Waals surface area contributed by atoms with E-state index in [4.69, 9.17) is 11.6 Å². The molecule has 7 nitrogen and oxygen atoms in total. The molecule has 2 heterocycles. The van der Waals surface area contributed by atoms with Gasteiger partial charge in [-0.3, -0.25) is 14.9 Å². The van der Waals surface area contributed by atoms with Gasteiger partial charge in [-0.15, -0.1) is 0 Å². The number of benzene rings is 2. The van der Waals surface area contributed by atoms with Crippen LogP contribution in [-0.2, 0) is 6.54 Å². The van der Waals surface area contributed by atoms with Crippen molar-refractivity contribution < 1.29 is 9.72 Å². The van der Waals surface area contributed by atoms with Crippen molar-refractivity contribution in [1.82, 2.24) is 9.80 Å². The van der Waals surface area contributed by atoms with Gasteiger partial charge in [0.2, 0.25) is 0 Å². The Morgan fingerprint density at radius 1 is 1.10 bits per heavy atom. The maximum atomic E-state index is 13.0. The van der Waals surface area contributed by atoms with Crippen molar-refractivity contribution in [3.8, 4) is 0 Å².